The Morgan fingerprint density at radius 3 is 2.75 bits per heavy atom. The molecule has 1 heterocycles. The van der Waals surface area contributed by atoms with Gasteiger partial charge in [-0.05, 0) is 13.8 Å². The van der Waals surface area contributed by atoms with E-state index in [4.69, 9.17) is 10.00 Å². The topological polar surface area (TPSA) is 62.0 Å². The van der Waals surface area contributed by atoms with Gasteiger partial charge in [-0.3, -0.25) is 0 Å². The van der Waals surface area contributed by atoms with E-state index in [2.05, 4.69) is 9.97 Å². The summed E-state index contributed by atoms with van der Waals surface area (Å²) in [4.78, 5) is 10.2. The van der Waals surface area contributed by atoms with Crippen molar-refractivity contribution in [1.29, 1.82) is 5.26 Å². The Hall–Kier alpha value is -1.67. The third kappa shape index (κ3) is 3.17. The van der Waals surface area contributed by atoms with Crippen LogP contribution in [0.1, 0.15) is 19.5 Å². The second-order valence-corrected chi connectivity index (χ2v) is 3.12. The fourth-order valence-corrected chi connectivity index (χ4v) is 1.37. The van der Waals surface area contributed by atoms with E-state index in [1.807, 2.05) is 24.8 Å². The summed E-state index contributed by atoms with van der Waals surface area (Å²) in [6.45, 7) is 6.80. The minimum absolute atomic E-state index is 0.362. The zero-order valence-electron chi connectivity index (χ0n) is 9.68. The maximum atomic E-state index is 8.92. The van der Waals surface area contributed by atoms with Gasteiger partial charge in [0.05, 0.1) is 6.61 Å². The van der Waals surface area contributed by atoms with Crippen LogP contribution in [0, 0.1) is 11.3 Å². The molecular formula is C11H16N4O. The van der Waals surface area contributed by atoms with Gasteiger partial charge in [-0.2, -0.15) is 5.26 Å². The molecule has 0 aliphatic heterocycles. The van der Waals surface area contributed by atoms with Crippen molar-refractivity contribution in [3.05, 3.63) is 18.1 Å². The number of likely N-dealkylation sites (N-methyl/N-ethyl adjacent to an activating group) is 1. The Morgan fingerprint density at radius 2 is 2.12 bits per heavy atom. The highest BCUT2D eigenvalue weighted by atomic mass is 16.5. The number of anilines is 1. The fraction of sp³-hybridized carbons (Fsp3) is 0.545. The molecule has 5 heteroatoms. The van der Waals surface area contributed by atoms with Crippen LogP contribution in [0.2, 0.25) is 0 Å². The largest absolute Gasteiger partial charge is 0.380 e. The predicted molar refractivity (Wildman–Crippen MR) is 61.1 cm³/mol. The molecule has 0 saturated heterocycles. The van der Waals surface area contributed by atoms with Gasteiger partial charge in [-0.25, -0.2) is 9.97 Å². The van der Waals surface area contributed by atoms with Crippen LogP contribution >= 0.6 is 0 Å². The molecule has 1 aromatic heterocycles. The van der Waals surface area contributed by atoms with Crippen LogP contribution in [0.25, 0.3) is 0 Å². The van der Waals surface area contributed by atoms with Crippen molar-refractivity contribution in [2.75, 3.05) is 31.2 Å². The molecule has 86 valence electrons. The third-order valence-electron chi connectivity index (χ3n) is 2.18. The SMILES string of the molecule is CCOCCN(CC)c1nccnc1C#N. The van der Waals surface area contributed by atoms with Crippen molar-refractivity contribution in [2.45, 2.75) is 13.8 Å². The van der Waals surface area contributed by atoms with Crippen LogP contribution in [0.15, 0.2) is 12.4 Å². The Morgan fingerprint density at radius 1 is 1.38 bits per heavy atom. The molecule has 0 amide bonds. The summed E-state index contributed by atoms with van der Waals surface area (Å²) in [6.07, 6.45) is 3.12. The molecule has 0 saturated carbocycles. The van der Waals surface area contributed by atoms with Crippen LogP contribution in [0.3, 0.4) is 0 Å². The van der Waals surface area contributed by atoms with Gasteiger partial charge in [-0.1, -0.05) is 0 Å². The van der Waals surface area contributed by atoms with E-state index in [0.717, 1.165) is 13.1 Å². The van der Waals surface area contributed by atoms with Crippen molar-refractivity contribution in [3.8, 4) is 6.07 Å². The lowest BCUT2D eigenvalue weighted by atomic mass is 10.3. The molecule has 1 aromatic rings. The van der Waals surface area contributed by atoms with E-state index in [9.17, 15) is 0 Å². The molecule has 0 N–H and O–H groups in total. The molecule has 0 aromatic carbocycles. The van der Waals surface area contributed by atoms with Crippen LogP contribution in [0.4, 0.5) is 5.82 Å². The van der Waals surface area contributed by atoms with E-state index in [1.54, 1.807) is 6.20 Å². The number of hydrogen-bond donors (Lipinski definition) is 0. The van der Waals surface area contributed by atoms with Crippen LogP contribution < -0.4 is 4.90 Å². The standard InChI is InChI=1S/C11H16N4O/c1-3-15(7-8-16-4-2)11-10(9-12)13-5-6-14-11/h5-6H,3-4,7-8H2,1-2H3. The Kier molecular flexibility index (Phi) is 5.23. The molecular weight excluding hydrogens is 204 g/mol. The zero-order valence-corrected chi connectivity index (χ0v) is 9.68. The fourth-order valence-electron chi connectivity index (χ4n) is 1.37. The van der Waals surface area contributed by atoms with Crippen LogP contribution in [0.5, 0.6) is 0 Å². The van der Waals surface area contributed by atoms with Gasteiger partial charge in [0, 0.05) is 32.1 Å². The first-order valence-electron chi connectivity index (χ1n) is 5.37. The second kappa shape index (κ2) is 6.75. The van der Waals surface area contributed by atoms with Crippen LogP contribution in [-0.4, -0.2) is 36.3 Å². The lowest BCUT2D eigenvalue weighted by molar-refractivity contribution is 0.154. The lowest BCUT2D eigenvalue weighted by Crippen LogP contribution is -2.29. The van der Waals surface area contributed by atoms with Gasteiger partial charge in [0.1, 0.15) is 6.07 Å². The molecule has 0 spiro atoms. The quantitative estimate of drug-likeness (QED) is 0.674. The third-order valence-corrected chi connectivity index (χ3v) is 2.18. The summed E-state index contributed by atoms with van der Waals surface area (Å²) in [7, 11) is 0. The monoisotopic (exact) mass is 220 g/mol. The summed E-state index contributed by atoms with van der Waals surface area (Å²) in [5.41, 5.74) is 0.362. The molecule has 16 heavy (non-hydrogen) atoms. The summed E-state index contributed by atoms with van der Waals surface area (Å²) in [5.74, 6) is 0.632. The van der Waals surface area contributed by atoms with Crippen molar-refractivity contribution in [3.63, 3.8) is 0 Å². The number of hydrogen-bond acceptors (Lipinski definition) is 5. The molecule has 0 fully saturated rings. The lowest BCUT2D eigenvalue weighted by Gasteiger charge is -2.21. The van der Waals surface area contributed by atoms with E-state index >= 15 is 0 Å². The van der Waals surface area contributed by atoms with E-state index in [1.165, 1.54) is 6.20 Å². The highest BCUT2D eigenvalue weighted by Crippen LogP contribution is 2.12. The summed E-state index contributed by atoms with van der Waals surface area (Å²) >= 11 is 0. The van der Waals surface area contributed by atoms with Gasteiger partial charge < -0.3 is 9.64 Å². The highest BCUT2D eigenvalue weighted by molar-refractivity contribution is 5.49. The Labute approximate surface area is 95.7 Å². The minimum Gasteiger partial charge on any atom is -0.380 e. The molecule has 0 unspecified atom stereocenters. The molecule has 0 aliphatic rings. The first kappa shape index (κ1) is 12.4. The number of aromatic nitrogens is 2. The van der Waals surface area contributed by atoms with Crippen molar-refractivity contribution < 1.29 is 4.74 Å². The Bertz CT molecular complexity index is 361. The minimum atomic E-state index is 0.362. The maximum absolute atomic E-state index is 8.92. The van der Waals surface area contributed by atoms with Gasteiger partial charge in [0.25, 0.3) is 0 Å². The molecule has 5 nitrogen and oxygen atoms in total. The van der Waals surface area contributed by atoms with Crippen LogP contribution in [-0.2, 0) is 4.74 Å². The zero-order chi connectivity index (χ0) is 11.8. The summed E-state index contributed by atoms with van der Waals surface area (Å²) in [6, 6.07) is 2.04. The highest BCUT2D eigenvalue weighted by Gasteiger charge is 2.11. The van der Waals surface area contributed by atoms with E-state index in [0.29, 0.717) is 24.7 Å². The maximum Gasteiger partial charge on any atom is 0.183 e. The normalized spacial score (nSPS) is 9.81. The molecule has 0 atom stereocenters. The van der Waals surface area contributed by atoms with Gasteiger partial charge >= 0.3 is 0 Å². The summed E-state index contributed by atoms with van der Waals surface area (Å²) in [5, 5.41) is 8.92. The number of ether oxygens (including phenoxy) is 1. The number of rotatable bonds is 6. The molecule has 0 aliphatic carbocycles. The number of nitrogens with zero attached hydrogens (tertiary/aromatic N) is 4. The van der Waals surface area contributed by atoms with E-state index in [-0.39, 0.29) is 0 Å². The van der Waals surface area contributed by atoms with E-state index < -0.39 is 0 Å². The first-order valence-corrected chi connectivity index (χ1v) is 5.37. The van der Waals surface area contributed by atoms with Gasteiger partial charge in [-0.15, -0.1) is 0 Å². The van der Waals surface area contributed by atoms with Gasteiger partial charge in [0.15, 0.2) is 11.5 Å². The van der Waals surface area contributed by atoms with Crippen molar-refractivity contribution in [2.24, 2.45) is 0 Å². The Balaban J connectivity index is 2.74. The number of nitriles is 1. The van der Waals surface area contributed by atoms with Gasteiger partial charge in [0.2, 0.25) is 0 Å². The smallest absolute Gasteiger partial charge is 0.183 e. The molecule has 0 bridgehead atoms. The first-order chi connectivity index (χ1) is 7.83. The summed E-state index contributed by atoms with van der Waals surface area (Å²) < 4.78 is 5.29. The average Bonchev–Trinajstić information content (AvgIpc) is 2.35. The van der Waals surface area contributed by atoms with Crippen molar-refractivity contribution >= 4 is 5.82 Å². The molecule has 0 radical (unpaired) electrons. The molecule has 1 rings (SSSR count). The van der Waals surface area contributed by atoms with Crippen molar-refractivity contribution in [1.82, 2.24) is 9.97 Å². The predicted octanol–water partition coefficient (Wildman–Crippen LogP) is 1.21. The second-order valence-electron chi connectivity index (χ2n) is 3.12. The average molecular weight is 220 g/mol.